The predicted molar refractivity (Wildman–Crippen MR) is 84.3 cm³/mol. The molecule has 1 saturated heterocycles. The number of hydrogen-bond donors (Lipinski definition) is 1. The van der Waals surface area contributed by atoms with Gasteiger partial charge in [-0.1, -0.05) is 12.1 Å². The maximum Gasteiger partial charge on any atom is 0.244 e. The zero-order chi connectivity index (χ0) is 15.6. The second-order valence-electron chi connectivity index (χ2n) is 5.44. The van der Waals surface area contributed by atoms with Crippen LogP contribution >= 0.6 is 15.9 Å². The maximum absolute atomic E-state index is 12.6. The maximum atomic E-state index is 12.6. The fourth-order valence-corrected chi connectivity index (χ4v) is 4.82. The van der Waals surface area contributed by atoms with Crippen LogP contribution in [-0.2, 0) is 14.8 Å². The van der Waals surface area contributed by atoms with Crippen molar-refractivity contribution >= 4 is 31.9 Å². The van der Waals surface area contributed by atoms with Crippen LogP contribution in [0.5, 0.6) is 0 Å². The van der Waals surface area contributed by atoms with Gasteiger partial charge in [-0.2, -0.15) is 4.31 Å². The zero-order valence-electron chi connectivity index (χ0n) is 12.0. The predicted octanol–water partition coefficient (Wildman–Crippen LogP) is 1.98. The summed E-state index contributed by atoms with van der Waals surface area (Å²) in [6.45, 7) is 4.40. The number of hydrogen-bond acceptors (Lipinski definition) is 3. The molecule has 1 heterocycles. The van der Waals surface area contributed by atoms with Crippen LogP contribution in [0.4, 0.5) is 0 Å². The number of rotatable bonds is 4. The first-order chi connectivity index (χ1) is 9.82. The van der Waals surface area contributed by atoms with Crippen molar-refractivity contribution in [3.63, 3.8) is 0 Å². The molecule has 2 rings (SSSR count). The molecule has 5 nitrogen and oxygen atoms in total. The highest BCUT2D eigenvalue weighted by Gasteiger charge is 2.36. The Bertz CT molecular complexity index is 631. The quantitative estimate of drug-likeness (QED) is 0.875. The number of nitrogens with zero attached hydrogens (tertiary/aromatic N) is 1. The second kappa shape index (κ2) is 6.46. The van der Waals surface area contributed by atoms with Crippen LogP contribution in [0.1, 0.15) is 20.3 Å². The lowest BCUT2D eigenvalue weighted by molar-refractivity contribution is -0.125. The van der Waals surface area contributed by atoms with E-state index in [1.165, 1.54) is 4.31 Å². The minimum atomic E-state index is -3.56. The van der Waals surface area contributed by atoms with Gasteiger partial charge in [-0.3, -0.25) is 4.79 Å². The highest BCUT2D eigenvalue weighted by Crippen LogP contribution is 2.28. The Balaban J connectivity index is 2.14. The third-order valence-electron chi connectivity index (χ3n) is 3.41. The summed E-state index contributed by atoms with van der Waals surface area (Å²) in [5, 5.41) is 2.84. The van der Waals surface area contributed by atoms with Gasteiger partial charge in [-0.15, -0.1) is 0 Å². The monoisotopic (exact) mass is 374 g/mol. The van der Waals surface area contributed by atoms with E-state index in [1.54, 1.807) is 24.3 Å². The SMILES string of the molecule is CC(C)NC(=O)C1CCN(S(=O)(=O)c2ccccc2Br)C1. The molecule has 0 saturated carbocycles. The van der Waals surface area contributed by atoms with Crippen LogP contribution in [0.25, 0.3) is 0 Å². The van der Waals surface area contributed by atoms with Gasteiger partial charge in [0.2, 0.25) is 15.9 Å². The van der Waals surface area contributed by atoms with Crippen molar-refractivity contribution in [1.82, 2.24) is 9.62 Å². The molecular formula is C14H19BrN2O3S. The molecule has 1 aromatic carbocycles. The summed E-state index contributed by atoms with van der Waals surface area (Å²) < 4.78 is 27.1. The Morgan fingerprint density at radius 2 is 2.05 bits per heavy atom. The third kappa shape index (κ3) is 3.64. The number of amides is 1. The van der Waals surface area contributed by atoms with Crippen LogP contribution in [0.3, 0.4) is 0 Å². The first-order valence-electron chi connectivity index (χ1n) is 6.87. The second-order valence-corrected chi connectivity index (χ2v) is 8.20. The van der Waals surface area contributed by atoms with E-state index in [4.69, 9.17) is 0 Å². The molecule has 0 radical (unpaired) electrons. The lowest BCUT2D eigenvalue weighted by atomic mass is 10.1. The van der Waals surface area contributed by atoms with Crippen molar-refractivity contribution < 1.29 is 13.2 Å². The number of benzene rings is 1. The Hall–Kier alpha value is -0.920. The highest BCUT2D eigenvalue weighted by atomic mass is 79.9. The number of carbonyl (C=O) groups excluding carboxylic acids is 1. The van der Waals surface area contributed by atoms with Crippen molar-refractivity contribution in [2.45, 2.75) is 31.2 Å². The van der Waals surface area contributed by atoms with Crippen molar-refractivity contribution in [3.8, 4) is 0 Å². The summed E-state index contributed by atoms with van der Waals surface area (Å²) in [6, 6.07) is 6.79. The van der Waals surface area contributed by atoms with Crippen molar-refractivity contribution in [3.05, 3.63) is 28.7 Å². The van der Waals surface area contributed by atoms with Gasteiger partial charge in [0.15, 0.2) is 0 Å². The smallest absolute Gasteiger partial charge is 0.244 e. The van der Waals surface area contributed by atoms with E-state index < -0.39 is 10.0 Å². The van der Waals surface area contributed by atoms with Crippen molar-refractivity contribution in [2.75, 3.05) is 13.1 Å². The molecule has 116 valence electrons. The van der Waals surface area contributed by atoms with Crippen LogP contribution in [-0.4, -0.2) is 37.8 Å². The topological polar surface area (TPSA) is 66.5 Å². The van der Waals surface area contributed by atoms with Gasteiger partial charge in [0.1, 0.15) is 0 Å². The Morgan fingerprint density at radius 1 is 1.38 bits per heavy atom. The first-order valence-corrected chi connectivity index (χ1v) is 9.10. The van der Waals surface area contributed by atoms with Crippen LogP contribution < -0.4 is 5.32 Å². The van der Waals surface area contributed by atoms with Gasteiger partial charge in [-0.05, 0) is 48.3 Å². The molecule has 1 N–H and O–H groups in total. The molecule has 7 heteroatoms. The summed E-state index contributed by atoms with van der Waals surface area (Å²) in [7, 11) is -3.56. The van der Waals surface area contributed by atoms with E-state index in [2.05, 4.69) is 21.2 Å². The minimum Gasteiger partial charge on any atom is -0.354 e. The standard InChI is InChI=1S/C14H19BrN2O3S/c1-10(2)16-14(18)11-7-8-17(9-11)21(19,20)13-6-4-3-5-12(13)15/h3-6,10-11H,7-9H2,1-2H3,(H,16,18). The molecule has 1 atom stereocenters. The molecule has 1 aliphatic heterocycles. The fourth-order valence-electron chi connectivity index (χ4n) is 2.36. The summed E-state index contributed by atoms with van der Waals surface area (Å²) in [5.41, 5.74) is 0. The van der Waals surface area contributed by atoms with E-state index in [-0.39, 0.29) is 29.3 Å². The lowest BCUT2D eigenvalue weighted by Gasteiger charge is -2.18. The van der Waals surface area contributed by atoms with Gasteiger partial charge >= 0.3 is 0 Å². The van der Waals surface area contributed by atoms with E-state index >= 15 is 0 Å². The first kappa shape index (κ1) is 16.5. The minimum absolute atomic E-state index is 0.0615. The van der Waals surface area contributed by atoms with Gasteiger partial charge in [0.05, 0.1) is 10.8 Å². The number of carbonyl (C=O) groups is 1. The molecule has 1 fully saturated rings. The fraction of sp³-hybridized carbons (Fsp3) is 0.500. The van der Waals surface area contributed by atoms with Gasteiger partial charge in [0, 0.05) is 23.6 Å². The highest BCUT2D eigenvalue weighted by molar-refractivity contribution is 9.10. The van der Waals surface area contributed by atoms with Gasteiger partial charge in [-0.25, -0.2) is 8.42 Å². The van der Waals surface area contributed by atoms with Gasteiger partial charge in [0.25, 0.3) is 0 Å². The molecule has 0 spiro atoms. The Kier molecular flexibility index (Phi) is 5.06. The Morgan fingerprint density at radius 3 is 2.67 bits per heavy atom. The van der Waals surface area contributed by atoms with Crippen LogP contribution in [0.2, 0.25) is 0 Å². The number of sulfonamides is 1. The van der Waals surface area contributed by atoms with Crippen molar-refractivity contribution in [2.24, 2.45) is 5.92 Å². The van der Waals surface area contributed by atoms with E-state index in [0.717, 1.165) is 0 Å². The molecule has 21 heavy (non-hydrogen) atoms. The zero-order valence-corrected chi connectivity index (χ0v) is 14.4. The molecule has 0 bridgehead atoms. The molecule has 0 aliphatic carbocycles. The third-order valence-corrected chi connectivity index (χ3v) is 6.28. The van der Waals surface area contributed by atoms with Crippen LogP contribution in [0.15, 0.2) is 33.6 Å². The molecular weight excluding hydrogens is 356 g/mol. The van der Waals surface area contributed by atoms with Crippen LogP contribution in [0, 0.1) is 5.92 Å². The summed E-state index contributed by atoms with van der Waals surface area (Å²) in [4.78, 5) is 12.2. The summed E-state index contributed by atoms with van der Waals surface area (Å²) in [6.07, 6.45) is 0.558. The average molecular weight is 375 g/mol. The molecule has 0 aromatic heterocycles. The van der Waals surface area contributed by atoms with E-state index in [9.17, 15) is 13.2 Å². The normalized spacial score (nSPS) is 19.9. The number of halogens is 1. The largest absolute Gasteiger partial charge is 0.354 e. The lowest BCUT2D eigenvalue weighted by Crippen LogP contribution is -2.37. The van der Waals surface area contributed by atoms with Gasteiger partial charge < -0.3 is 5.32 Å². The van der Waals surface area contributed by atoms with Crippen molar-refractivity contribution in [1.29, 1.82) is 0 Å². The molecule has 1 aliphatic rings. The molecule has 1 amide bonds. The molecule has 1 unspecified atom stereocenters. The number of nitrogens with one attached hydrogen (secondary N) is 1. The summed E-state index contributed by atoms with van der Waals surface area (Å²) >= 11 is 3.27. The average Bonchev–Trinajstić information content (AvgIpc) is 2.88. The van der Waals surface area contributed by atoms with E-state index in [1.807, 2.05) is 13.8 Å². The van der Waals surface area contributed by atoms with E-state index in [0.29, 0.717) is 17.4 Å². The summed E-state index contributed by atoms with van der Waals surface area (Å²) in [5.74, 6) is -0.348. The molecule has 1 aromatic rings. The Labute approximate surface area is 133 Å².